The van der Waals surface area contributed by atoms with E-state index in [-0.39, 0.29) is 6.54 Å². The minimum atomic E-state index is -1.03. The van der Waals surface area contributed by atoms with Crippen molar-refractivity contribution in [3.63, 3.8) is 0 Å². The van der Waals surface area contributed by atoms with E-state index in [0.717, 1.165) is 16.9 Å². The van der Waals surface area contributed by atoms with Crippen molar-refractivity contribution in [3.05, 3.63) is 29.8 Å². The fraction of sp³-hybridized carbons (Fsp3) is 0.524. The van der Waals surface area contributed by atoms with E-state index in [1.807, 2.05) is 26.0 Å². The van der Waals surface area contributed by atoms with Gasteiger partial charge in [0.15, 0.2) is 6.61 Å². The van der Waals surface area contributed by atoms with E-state index >= 15 is 0 Å². The Morgan fingerprint density at radius 2 is 1.93 bits per heavy atom. The van der Waals surface area contributed by atoms with E-state index in [2.05, 4.69) is 10.6 Å². The summed E-state index contributed by atoms with van der Waals surface area (Å²) in [4.78, 5) is 49.5. The largest absolute Gasteiger partial charge is 0.496 e. The second-order valence-corrected chi connectivity index (χ2v) is 7.84. The van der Waals surface area contributed by atoms with Crippen LogP contribution in [0, 0.1) is 5.92 Å². The highest BCUT2D eigenvalue weighted by molar-refractivity contribution is 6.08. The van der Waals surface area contributed by atoms with Crippen molar-refractivity contribution in [3.8, 4) is 5.75 Å². The van der Waals surface area contributed by atoms with Gasteiger partial charge in [-0.2, -0.15) is 0 Å². The molecule has 0 saturated carbocycles. The number of methoxy groups -OCH3 is 1. The van der Waals surface area contributed by atoms with Crippen LogP contribution in [-0.2, 0) is 25.7 Å². The van der Waals surface area contributed by atoms with Gasteiger partial charge in [0.05, 0.1) is 7.11 Å². The SMILES string of the molecule is COc1ccccc1CNC(=O)COC(=O)CN1C(=O)N[C@](C)(CCC(C)C)C1=O. The summed E-state index contributed by atoms with van der Waals surface area (Å²) in [6, 6.07) is 6.57. The van der Waals surface area contributed by atoms with Gasteiger partial charge in [0, 0.05) is 12.1 Å². The van der Waals surface area contributed by atoms with Gasteiger partial charge in [-0.15, -0.1) is 0 Å². The molecule has 1 aromatic carbocycles. The van der Waals surface area contributed by atoms with Gasteiger partial charge in [0.2, 0.25) is 0 Å². The van der Waals surface area contributed by atoms with E-state index in [0.29, 0.717) is 18.1 Å². The lowest BCUT2D eigenvalue weighted by Crippen LogP contribution is -2.44. The maximum absolute atomic E-state index is 12.6. The zero-order chi connectivity index (χ0) is 22.3. The molecule has 0 spiro atoms. The minimum absolute atomic E-state index is 0.210. The van der Waals surface area contributed by atoms with E-state index in [9.17, 15) is 19.2 Å². The van der Waals surface area contributed by atoms with Crippen molar-refractivity contribution in [2.45, 2.75) is 45.7 Å². The highest BCUT2D eigenvalue weighted by Gasteiger charge is 2.48. The first kappa shape index (κ1) is 23.2. The molecule has 1 fully saturated rings. The zero-order valence-electron chi connectivity index (χ0n) is 17.8. The van der Waals surface area contributed by atoms with Gasteiger partial charge in [-0.1, -0.05) is 32.0 Å². The molecule has 0 aliphatic carbocycles. The van der Waals surface area contributed by atoms with Crippen LogP contribution >= 0.6 is 0 Å². The van der Waals surface area contributed by atoms with Crippen LogP contribution in [0.3, 0.4) is 0 Å². The fourth-order valence-electron chi connectivity index (χ4n) is 3.05. The lowest BCUT2D eigenvalue weighted by molar-refractivity contribution is -0.151. The van der Waals surface area contributed by atoms with Crippen molar-refractivity contribution >= 4 is 23.8 Å². The number of nitrogens with zero attached hydrogens (tertiary/aromatic N) is 1. The number of benzene rings is 1. The van der Waals surface area contributed by atoms with E-state index in [1.54, 1.807) is 19.1 Å². The van der Waals surface area contributed by atoms with Gasteiger partial charge in [-0.3, -0.25) is 19.3 Å². The first-order chi connectivity index (χ1) is 14.2. The molecule has 0 bridgehead atoms. The van der Waals surface area contributed by atoms with Crippen LogP contribution in [-0.4, -0.2) is 54.5 Å². The van der Waals surface area contributed by atoms with E-state index in [4.69, 9.17) is 9.47 Å². The molecule has 9 nitrogen and oxygen atoms in total. The average molecular weight is 419 g/mol. The Morgan fingerprint density at radius 1 is 1.23 bits per heavy atom. The molecule has 0 aromatic heterocycles. The predicted octanol–water partition coefficient (Wildman–Crippen LogP) is 1.60. The summed E-state index contributed by atoms with van der Waals surface area (Å²) in [6.07, 6.45) is 1.24. The Balaban J connectivity index is 1.80. The second-order valence-electron chi connectivity index (χ2n) is 7.84. The number of hydrogen-bond donors (Lipinski definition) is 2. The maximum atomic E-state index is 12.6. The van der Waals surface area contributed by atoms with Crippen LogP contribution in [0.2, 0.25) is 0 Å². The summed E-state index contributed by atoms with van der Waals surface area (Å²) in [5.41, 5.74) is -0.256. The molecule has 2 N–H and O–H groups in total. The second kappa shape index (κ2) is 10.1. The number of amides is 4. The molecule has 9 heteroatoms. The predicted molar refractivity (Wildman–Crippen MR) is 109 cm³/mol. The Labute approximate surface area is 176 Å². The Kier molecular flexibility index (Phi) is 7.79. The lowest BCUT2D eigenvalue weighted by Gasteiger charge is -2.22. The summed E-state index contributed by atoms with van der Waals surface area (Å²) in [5, 5.41) is 5.27. The van der Waals surface area contributed by atoms with E-state index in [1.165, 1.54) is 7.11 Å². The normalized spacial score (nSPS) is 18.4. The van der Waals surface area contributed by atoms with Gasteiger partial charge < -0.3 is 20.1 Å². The minimum Gasteiger partial charge on any atom is -0.496 e. The van der Waals surface area contributed by atoms with Crippen molar-refractivity contribution in [2.75, 3.05) is 20.3 Å². The van der Waals surface area contributed by atoms with E-state index < -0.39 is 42.5 Å². The van der Waals surface area contributed by atoms with Crippen LogP contribution in [0.1, 0.15) is 39.2 Å². The smallest absolute Gasteiger partial charge is 0.326 e. The molecule has 1 heterocycles. The Bertz CT molecular complexity index is 810. The Hall–Kier alpha value is -3.10. The third-order valence-electron chi connectivity index (χ3n) is 4.89. The lowest BCUT2D eigenvalue weighted by atomic mass is 9.92. The van der Waals surface area contributed by atoms with Gasteiger partial charge in [0.25, 0.3) is 11.8 Å². The maximum Gasteiger partial charge on any atom is 0.326 e. The molecular weight excluding hydrogens is 390 g/mol. The molecule has 0 unspecified atom stereocenters. The Morgan fingerprint density at radius 3 is 2.60 bits per heavy atom. The van der Waals surface area contributed by atoms with Crippen LogP contribution in [0.5, 0.6) is 5.75 Å². The third-order valence-corrected chi connectivity index (χ3v) is 4.89. The summed E-state index contributed by atoms with van der Waals surface area (Å²) in [6.45, 7) is 4.86. The quantitative estimate of drug-likeness (QED) is 0.440. The molecule has 164 valence electrons. The standard InChI is InChI=1S/C21H29N3O6/c1-14(2)9-10-21(3)19(27)24(20(28)23-21)12-18(26)30-13-17(25)22-11-15-7-5-6-8-16(15)29-4/h5-8,14H,9-13H2,1-4H3,(H,22,25)(H,23,28)/t21-/m1/s1. The zero-order valence-corrected chi connectivity index (χ0v) is 17.8. The molecule has 0 radical (unpaired) electrons. The summed E-state index contributed by atoms with van der Waals surface area (Å²) in [7, 11) is 1.53. The molecule has 1 aliphatic heterocycles. The monoisotopic (exact) mass is 419 g/mol. The molecule has 1 aliphatic rings. The molecular formula is C21H29N3O6. The number of nitrogens with one attached hydrogen (secondary N) is 2. The third kappa shape index (κ3) is 5.95. The summed E-state index contributed by atoms with van der Waals surface area (Å²) in [5.74, 6) is -0.799. The van der Waals surface area contributed by atoms with Gasteiger partial charge >= 0.3 is 12.0 Å². The number of para-hydroxylation sites is 1. The molecule has 1 aromatic rings. The number of carbonyl (C=O) groups excluding carboxylic acids is 4. The molecule has 1 atom stereocenters. The van der Waals surface area contributed by atoms with Crippen LogP contribution in [0.25, 0.3) is 0 Å². The van der Waals surface area contributed by atoms with Gasteiger partial charge in [-0.25, -0.2) is 4.79 Å². The molecule has 30 heavy (non-hydrogen) atoms. The molecule has 4 amide bonds. The van der Waals surface area contributed by atoms with Crippen molar-refractivity contribution in [1.29, 1.82) is 0 Å². The summed E-state index contributed by atoms with van der Waals surface area (Å²) >= 11 is 0. The van der Waals surface area contributed by atoms with Crippen LogP contribution < -0.4 is 15.4 Å². The number of hydrogen-bond acceptors (Lipinski definition) is 6. The highest BCUT2D eigenvalue weighted by atomic mass is 16.5. The summed E-state index contributed by atoms with van der Waals surface area (Å²) < 4.78 is 10.1. The van der Waals surface area contributed by atoms with Crippen molar-refractivity contribution in [2.24, 2.45) is 5.92 Å². The number of ether oxygens (including phenoxy) is 2. The fourth-order valence-corrected chi connectivity index (χ4v) is 3.05. The van der Waals surface area contributed by atoms with Gasteiger partial charge in [0.1, 0.15) is 17.8 Å². The van der Waals surface area contributed by atoms with Crippen molar-refractivity contribution < 1.29 is 28.7 Å². The molecule has 2 rings (SSSR count). The number of carbonyl (C=O) groups is 4. The first-order valence-electron chi connectivity index (χ1n) is 9.84. The number of esters is 1. The van der Waals surface area contributed by atoms with Crippen molar-refractivity contribution in [1.82, 2.24) is 15.5 Å². The number of rotatable bonds is 10. The van der Waals surface area contributed by atoms with Crippen LogP contribution in [0.4, 0.5) is 4.79 Å². The average Bonchev–Trinajstić information content (AvgIpc) is 2.92. The van der Waals surface area contributed by atoms with Gasteiger partial charge in [-0.05, 0) is 31.7 Å². The molecule has 1 saturated heterocycles. The topological polar surface area (TPSA) is 114 Å². The highest BCUT2D eigenvalue weighted by Crippen LogP contribution is 2.24. The van der Waals surface area contributed by atoms with Crippen LogP contribution in [0.15, 0.2) is 24.3 Å². The number of imide groups is 1. The number of urea groups is 1. The first-order valence-corrected chi connectivity index (χ1v) is 9.84.